The van der Waals surface area contributed by atoms with Crippen molar-refractivity contribution in [2.24, 2.45) is 0 Å². The molecule has 1 aliphatic carbocycles. The summed E-state index contributed by atoms with van der Waals surface area (Å²) < 4.78 is 10.8. The van der Waals surface area contributed by atoms with Crippen LogP contribution in [0.3, 0.4) is 0 Å². The van der Waals surface area contributed by atoms with E-state index in [2.05, 4.69) is 13.5 Å². The Bertz CT molecular complexity index is 219. The van der Waals surface area contributed by atoms with Crippen molar-refractivity contribution in [2.45, 2.75) is 44.6 Å². The van der Waals surface area contributed by atoms with Gasteiger partial charge in [0.2, 0.25) is 0 Å². The van der Waals surface area contributed by atoms with Crippen LogP contribution < -0.4 is 0 Å². The van der Waals surface area contributed by atoms with E-state index in [1.807, 2.05) is 0 Å². The van der Waals surface area contributed by atoms with E-state index >= 15 is 0 Å². The molecule has 3 heteroatoms. The van der Waals surface area contributed by atoms with Crippen LogP contribution in [-0.4, -0.2) is 24.8 Å². The largest absolute Gasteiger partial charge is 0.459 e. The maximum atomic E-state index is 10.9. The lowest BCUT2D eigenvalue weighted by Gasteiger charge is -2.40. The van der Waals surface area contributed by atoms with Crippen molar-refractivity contribution in [1.82, 2.24) is 0 Å². The second-order valence-corrected chi connectivity index (χ2v) is 4.05. The third-order valence-corrected chi connectivity index (χ3v) is 2.82. The van der Waals surface area contributed by atoms with Crippen LogP contribution in [0.15, 0.2) is 12.7 Å². The number of hydrogen-bond acceptors (Lipinski definition) is 3. The van der Waals surface area contributed by atoms with E-state index in [1.54, 1.807) is 0 Å². The summed E-state index contributed by atoms with van der Waals surface area (Å²) in [6, 6.07) is 0. The number of carbonyl (C=O) groups is 1. The molecule has 86 valence electrons. The van der Waals surface area contributed by atoms with Crippen molar-refractivity contribution in [3.8, 4) is 0 Å². The van der Waals surface area contributed by atoms with E-state index in [0.29, 0.717) is 6.61 Å². The first-order valence-electron chi connectivity index (χ1n) is 5.65. The summed E-state index contributed by atoms with van der Waals surface area (Å²) in [5.74, 6) is -0.361. The van der Waals surface area contributed by atoms with Crippen molar-refractivity contribution < 1.29 is 14.3 Å². The Morgan fingerprint density at radius 3 is 2.73 bits per heavy atom. The number of unbranched alkanes of at least 4 members (excludes halogenated alkanes) is 1. The van der Waals surface area contributed by atoms with Gasteiger partial charge in [0.25, 0.3) is 0 Å². The quantitative estimate of drug-likeness (QED) is 0.369. The fraction of sp³-hybridized carbons (Fsp3) is 0.750. The fourth-order valence-corrected chi connectivity index (χ4v) is 1.60. The lowest BCUT2D eigenvalue weighted by molar-refractivity contribution is -0.163. The molecule has 1 rings (SSSR count). The van der Waals surface area contributed by atoms with Crippen molar-refractivity contribution in [3.63, 3.8) is 0 Å². The fourth-order valence-electron chi connectivity index (χ4n) is 1.60. The van der Waals surface area contributed by atoms with Crippen molar-refractivity contribution in [2.75, 3.05) is 13.2 Å². The van der Waals surface area contributed by atoms with E-state index in [-0.39, 0.29) is 11.6 Å². The minimum Gasteiger partial charge on any atom is -0.459 e. The average molecular weight is 212 g/mol. The summed E-state index contributed by atoms with van der Waals surface area (Å²) in [6.07, 6.45) is 6.55. The number of ether oxygens (including phenoxy) is 2. The number of rotatable bonds is 7. The third kappa shape index (κ3) is 3.67. The van der Waals surface area contributed by atoms with E-state index < -0.39 is 0 Å². The van der Waals surface area contributed by atoms with Crippen LogP contribution in [0.4, 0.5) is 0 Å². The van der Waals surface area contributed by atoms with E-state index in [4.69, 9.17) is 9.47 Å². The molecule has 0 atom stereocenters. The van der Waals surface area contributed by atoms with Crippen molar-refractivity contribution in [1.29, 1.82) is 0 Å². The SMILES string of the molecule is C=CC(=O)OCC1(OCCCC)CCC1. The van der Waals surface area contributed by atoms with Gasteiger partial charge in [0.05, 0.1) is 0 Å². The van der Waals surface area contributed by atoms with Gasteiger partial charge in [-0.05, 0) is 25.7 Å². The van der Waals surface area contributed by atoms with Crippen LogP contribution in [0.25, 0.3) is 0 Å². The molecule has 3 nitrogen and oxygen atoms in total. The first kappa shape index (κ1) is 12.2. The van der Waals surface area contributed by atoms with E-state index in [1.165, 1.54) is 6.08 Å². The molecule has 1 saturated carbocycles. The number of esters is 1. The number of carbonyl (C=O) groups excluding carboxylic acids is 1. The zero-order chi connectivity index (χ0) is 11.1. The van der Waals surface area contributed by atoms with Crippen LogP contribution in [0.2, 0.25) is 0 Å². The van der Waals surface area contributed by atoms with Gasteiger partial charge in [-0.25, -0.2) is 4.79 Å². The minimum absolute atomic E-state index is 0.187. The molecular weight excluding hydrogens is 192 g/mol. The summed E-state index contributed by atoms with van der Waals surface area (Å²) >= 11 is 0. The first-order valence-corrected chi connectivity index (χ1v) is 5.65. The highest BCUT2D eigenvalue weighted by Gasteiger charge is 2.39. The maximum absolute atomic E-state index is 10.9. The molecule has 0 heterocycles. The molecule has 15 heavy (non-hydrogen) atoms. The van der Waals surface area contributed by atoms with Crippen molar-refractivity contribution >= 4 is 5.97 Å². The molecule has 0 unspecified atom stereocenters. The second kappa shape index (κ2) is 5.91. The highest BCUT2D eigenvalue weighted by atomic mass is 16.6. The molecule has 1 fully saturated rings. The van der Waals surface area contributed by atoms with Crippen LogP contribution in [0.1, 0.15) is 39.0 Å². The first-order chi connectivity index (χ1) is 7.22. The molecule has 0 spiro atoms. The minimum atomic E-state index is -0.361. The smallest absolute Gasteiger partial charge is 0.330 e. The molecule has 1 aliphatic rings. The summed E-state index contributed by atoms with van der Waals surface area (Å²) in [6.45, 7) is 6.64. The Morgan fingerprint density at radius 1 is 1.53 bits per heavy atom. The predicted octanol–water partition coefficient (Wildman–Crippen LogP) is 2.46. The van der Waals surface area contributed by atoms with Crippen LogP contribution in [-0.2, 0) is 14.3 Å². The Kier molecular flexibility index (Phi) is 4.82. The normalized spacial score (nSPS) is 17.9. The van der Waals surface area contributed by atoms with Crippen LogP contribution >= 0.6 is 0 Å². The Morgan fingerprint density at radius 2 is 2.27 bits per heavy atom. The Balaban J connectivity index is 2.26. The van der Waals surface area contributed by atoms with Gasteiger partial charge < -0.3 is 9.47 Å². The Hall–Kier alpha value is -0.830. The van der Waals surface area contributed by atoms with Gasteiger partial charge in [-0.1, -0.05) is 19.9 Å². The van der Waals surface area contributed by atoms with Gasteiger partial charge in [0.1, 0.15) is 12.2 Å². The second-order valence-electron chi connectivity index (χ2n) is 4.05. The molecule has 0 aliphatic heterocycles. The third-order valence-electron chi connectivity index (χ3n) is 2.82. The summed E-state index contributed by atoms with van der Waals surface area (Å²) in [5.41, 5.74) is -0.187. The van der Waals surface area contributed by atoms with E-state index in [9.17, 15) is 4.79 Å². The highest BCUT2D eigenvalue weighted by molar-refractivity contribution is 5.81. The van der Waals surface area contributed by atoms with Crippen LogP contribution in [0.5, 0.6) is 0 Å². The molecule has 0 aromatic rings. The molecule has 0 aromatic heterocycles. The summed E-state index contributed by atoms with van der Waals surface area (Å²) in [5, 5.41) is 0. The van der Waals surface area contributed by atoms with Gasteiger partial charge in [-0.2, -0.15) is 0 Å². The molecule has 0 amide bonds. The monoisotopic (exact) mass is 212 g/mol. The Labute approximate surface area is 91.4 Å². The standard InChI is InChI=1S/C12H20O3/c1-3-5-9-15-12(7-6-8-12)10-14-11(13)4-2/h4H,2-3,5-10H2,1H3. The summed E-state index contributed by atoms with van der Waals surface area (Å²) in [4.78, 5) is 10.9. The van der Waals surface area contributed by atoms with Gasteiger partial charge in [-0.3, -0.25) is 0 Å². The molecule has 0 aromatic carbocycles. The van der Waals surface area contributed by atoms with Gasteiger partial charge >= 0.3 is 5.97 Å². The summed E-state index contributed by atoms with van der Waals surface area (Å²) in [7, 11) is 0. The molecule has 0 N–H and O–H groups in total. The molecular formula is C12H20O3. The molecule has 0 saturated heterocycles. The zero-order valence-electron chi connectivity index (χ0n) is 9.46. The van der Waals surface area contributed by atoms with Gasteiger partial charge in [0.15, 0.2) is 0 Å². The predicted molar refractivity (Wildman–Crippen MR) is 58.6 cm³/mol. The topological polar surface area (TPSA) is 35.5 Å². The number of hydrogen-bond donors (Lipinski definition) is 0. The van der Waals surface area contributed by atoms with Gasteiger partial charge in [0, 0.05) is 12.7 Å². The lowest BCUT2D eigenvalue weighted by Crippen LogP contribution is -2.45. The van der Waals surface area contributed by atoms with Crippen molar-refractivity contribution in [3.05, 3.63) is 12.7 Å². The van der Waals surface area contributed by atoms with Crippen LogP contribution in [0, 0.1) is 0 Å². The van der Waals surface area contributed by atoms with E-state index in [0.717, 1.165) is 38.7 Å². The average Bonchev–Trinajstić information content (AvgIpc) is 2.20. The lowest BCUT2D eigenvalue weighted by atomic mass is 9.80. The zero-order valence-corrected chi connectivity index (χ0v) is 9.46. The maximum Gasteiger partial charge on any atom is 0.330 e. The highest BCUT2D eigenvalue weighted by Crippen LogP contribution is 2.36. The molecule has 0 bridgehead atoms. The van der Waals surface area contributed by atoms with Gasteiger partial charge in [-0.15, -0.1) is 0 Å². The molecule has 0 radical (unpaired) electrons.